The van der Waals surface area contributed by atoms with E-state index in [1.54, 1.807) is 0 Å². The lowest BCUT2D eigenvalue weighted by atomic mass is 10.0. The molecule has 0 radical (unpaired) electrons. The van der Waals surface area contributed by atoms with Gasteiger partial charge in [0.1, 0.15) is 13.2 Å². The van der Waals surface area contributed by atoms with Gasteiger partial charge in [-0.2, -0.15) is 0 Å². The van der Waals surface area contributed by atoms with Crippen molar-refractivity contribution in [2.24, 2.45) is 0 Å². The van der Waals surface area contributed by atoms with Crippen LogP contribution in [0.2, 0.25) is 0 Å². The summed E-state index contributed by atoms with van der Waals surface area (Å²) in [5.41, 5.74) is 0. The van der Waals surface area contributed by atoms with Crippen LogP contribution in [0.5, 0.6) is 0 Å². The van der Waals surface area contributed by atoms with E-state index in [0.29, 0.717) is 19.3 Å². The van der Waals surface area contributed by atoms with Crippen molar-refractivity contribution in [1.82, 2.24) is 0 Å². The second-order valence-electron chi connectivity index (χ2n) is 19.9. The van der Waals surface area contributed by atoms with Crippen LogP contribution in [0.15, 0.2) is 60.8 Å². The maximum atomic E-state index is 12.9. The minimum absolute atomic E-state index is 0.0860. The largest absolute Gasteiger partial charge is 0.462 e. The average molecular weight is 966 g/mol. The van der Waals surface area contributed by atoms with Gasteiger partial charge in [-0.25, -0.2) is 0 Å². The molecule has 0 aliphatic carbocycles. The highest BCUT2D eigenvalue weighted by Gasteiger charge is 2.19. The molecule has 0 bridgehead atoms. The van der Waals surface area contributed by atoms with Gasteiger partial charge in [0.15, 0.2) is 6.10 Å². The third-order valence-electron chi connectivity index (χ3n) is 13.0. The van der Waals surface area contributed by atoms with Crippen molar-refractivity contribution >= 4 is 17.9 Å². The summed E-state index contributed by atoms with van der Waals surface area (Å²) in [4.78, 5) is 38.2. The first kappa shape index (κ1) is 66.1. The van der Waals surface area contributed by atoms with Gasteiger partial charge >= 0.3 is 17.9 Å². The molecule has 1 atom stereocenters. The van der Waals surface area contributed by atoms with Crippen molar-refractivity contribution in [2.45, 2.75) is 309 Å². The summed E-state index contributed by atoms with van der Waals surface area (Å²) in [6, 6.07) is 0. The Morgan fingerprint density at radius 3 is 0.870 bits per heavy atom. The second kappa shape index (κ2) is 57.7. The van der Waals surface area contributed by atoms with Crippen molar-refractivity contribution in [3.63, 3.8) is 0 Å². The molecular formula is C63H112O6. The van der Waals surface area contributed by atoms with E-state index in [4.69, 9.17) is 14.2 Å². The number of unbranched alkanes of at least 4 members (excludes halogenated alkanes) is 33. The number of ether oxygens (including phenoxy) is 3. The molecule has 0 rings (SSSR count). The maximum Gasteiger partial charge on any atom is 0.306 e. The van der Waals surface area contributed by atoms with Gasteiger partial charge in [0.05, 0.1) is 0 Å². The zero-order chi connectivity index (χ0) is 50.0. The predicted molar refractivity (Wildman–Crippen MR) is 298 cm³/mol. The summed E-state index contributed by atoms with van der Waals surface area (Å²) in [5.74, 6) is -0.915. The molecule has 0 heterocycles. The van der Waals surface area contributed by atoms with E-state index in [9.17, 15) is 14.4 Å². The van der Waals surface area contributed by atoms with E-state index >= 15 is 0 Å². The Labute approximate surface area is 428 Å². The molecule has 0 N–H and O–H groups in total. The van der Waals surface area contributed by atoms with Crippen LogP contribution in [0, 0.1) is 0 Å². The first-order chi connectivity index (χ1) is 34.0. The van der Waals surface area contributed by atoms with E-state index in [2.05, 4.69) is 81.5 Å². The third-order valence-corrected chi connectivity index (χ3v) is 13.0. The first-order valence-electron chi connectivity index (χ1n) is 29.8. The van der Waals surface area contributed by atoms with Gasteiger partial charge in [-0.05, 0) is 89.9 Å². The molecule has 6 nitrogen and oxygen atoms in total. The molecule has 0 spiro atoms. The van der Waals surface area contributed by atoms with Crippen molar-refractivity contribution in [3.8, 4) is 0 Å². The van der Waals surface area contributed by atoms with Crippen LogP contribution in [0.3, 0.4) is 0 Å². The highest BCUT2D eigenvalue weighted by Crippen LogP contribution is 2.16. The lowest BCUT2D eigenvalue weighted by Crippen LogP contribution is -2.30. The fraction of sp³-hybridized carbons (Fsp3) is 0.794. The number of allylic oxidation sites excluding steroid dienone is 10. The highest BCUT2D eigenvalue weighted by atomic mass is 16.6. The van der Waals surface area contributed by atoms with Gasteiger partial charge in [-0.15, -0.1) is 0 Å². The van der Waals surface area contributed by atoms with Gasteiger partial charge in [-0.1, -0.05) is 255 Å². The van der Waals surface area contributed by atoms with E-state index in [1.807, 2.05) is 0 Å². The summed E-state index contributed by atoms with van der Waals surface area (Å²) in [6.45, 7) is 6.59. The predicted octanol–water partition coefficient (Wildman–Crippen LogP) is 20.0. The van der Waals surface area contributed by atoms with Crippen LogP contribution in [-0.2, 0) is 28.6 Å². The summed E-state index contributed by atoms with van der Waals surface area (Å²) in [5, 5.41) is 0. The summed E-state index contributed by atoms with van der Waals surface area (Å²) in [6.07, 6.45) is 72.1. The number of hydrogen-bond donors (Lipinski definition) is 0. The smallest absolute Gasteiger partial charge is 0.306 e. The van der Waals surface area contributed by atoms with Crippen molar-refractivity contribution in [2.75, 3.05) is 13.2 Å². The van der Waals surface area contributed by atoms with Crippen LogP contribution < -0.4 is 0 Å². The average Bonchev–Trinajstić information content (AvgIpc) is 3.35. The molecule has 69 heavy (non-hydrogen) atoms. The van der Waals surface area contributed by atoms with E-state index in [-0.39, 0.29) is 31.1 Å². The molecule has 0 unspecified atom stereocenters. The van der Waals surface area contributed by atoms with Crippen LogP contribution in [0.1, 0.15) is 303 Å². The monoisotopic (exact) mass is 965 g/mol. The number of rotatable bonds is 54. The molecule has 0 amide bonds. The number of carbonyl (C=O) groups excluding carboxylic acids is 3. The quantitative estimate of drug-likeness (QED) is 0.0262. The zero-order valence-electron chi connectivity index (χ0n) is 45.8. The third kappa shape index (κ3) is 55.9. The Kier molecular flexibility index (Phi) is 55.3. The molecule has 0 saturated carbocycles. The van der Waals surface area contributed by atoms with E-state index in [1.165, 1.54) is 186 Å². The zero-order valence-corrected chi connectivity index (χ0v) is 45.8. The first-order valence-corrected chi connectivity index (χ1v) is 29.8. The molecular weight excluding hydrogens is 853 g/mol. The molecule has 0 aromatic carbocycles. The van der Waals surface area contributed by atoms with Gasteiger partial charge in [0, 0.05) is 19.3 Å². The standard InChI is InChI=1S/C63H112O6/c1-4-7-10-13-16-19-22-25-28-30-31-33-35-38-41-44-47-50-53-56-62(65)68-59-60(58-67-61(64)55-52-49-46-43-40-37-34-27-24-21-18-15-12-9-6-3)69-63(66)57-54-51-48-45-42-39-36-32-29-26-23-20-17-14-11-8-5-2/h16,18-19,21,25,27-28,34,40,43,60H,4-15,17,20,22-24,26,29-33,35-39,41-42,44-59H2,1-3H3/b19-16-,21-18-,28-25-,34-27-,43-40-/t60-/m1/s1. The molecule has 0 aromatic heterocycles. The van der Waals surface area contributed by atoms with Crippen molar-refractivity contribution in [3.05, 3.63) is 60.8 Å². The van der Waals surface area contributed by atoms with Crippen molar-refractivity contribution in [1.29, 1.82) is 0 Å². The molecule has 0 saturated heterocycles. The number of hydrogen-bond acceptors (Lipinski definition) is 6. The Morgan fingerprint density at radius 2 is 0.522 bits per heavy atom. The Balaban J connectivity index is 4.40. The van der Waals surface area contributed by atoms with Gasteiger partial charge in [0.2, 0.25) is 0 Å². The van der Waals surface area contributed by atoms with Gasteiger partial charge in [-0.3, -0.25) is 14.4 Å². The summed E-state index contributed by atoms with van der Waals surface area (Å²) in [7, 11) is 0. The molecule has 0 fully saturated rings. The normalized spacial score (nSPS) is 12.4. The molecule has 0 aromatic rings. The second-order valence-corrected chi connectivity index (χ2v) is 19.9. The maximum absolute atomic E-state index is 12.9. The minimum atomic E-state index is -0.790. The van der Waals surface area contributed by atoms with Crippen molar-refractivity contribution < 1.29 is 28.6 Å². The van der Waals surface area contributed by atoms with Crippen LogP contribution in [0.25, 0.3) is 0 Å². The van der Waals surface area contributed by atoms with Crippen LogP contribution in [-0.4, -0.2) is 37.2 Å². The lowest BCUT2D eigenvalue weighted by molar-refractivity contribution is -0.167. The number of esters is 3. The Morgan fingerprint density at radius 1 is 0.290 bits per heavy atom. The molecule has 0 aliphatic rings. The van der Waals surface area contributed by atoms with E-state index in [0.717, 1.165) is 77.0 Å². The van der Waals surface area contributed by atoms with Crippen LogP contribution in [0.4, 0.5) is 0 Å². The van der Waals surface area contributed by atoms with E-state index < -0.39 is 6.10 Å². The fourth-order valence-corrected chi connectivity index (χ4v) is 8.48. The van der Waals surface area contributed by atoms with Crippen LogP contribution >= 0.6 is 0 Å². The van der Waals surface area contributed by atoms with Gasteiger partial charge in [0.25, 0.3) is 0 Å². The number of carbonyl (C=O) groups is 3. The Bertz CT molecular complexity index is 1250. The molecule has 6 heteroatoms. The van der Waals surface area contributed by atoms with Gasteiger partial charge < -0.3 is 14.2 Å². The topological polar surface area (TPSA) is 78.9 Å². The molecule has 400 valence electrons. The fourth-order valence-electron chi connectivity index (χ4n) is 8.48. The Hall–Kier alpha value is -2.89. The highest BCUT2D eigenvalue weighted by molar-refractivity contribution is 5.71. The minimum Gasteiger partial charge on any atom is -0.462 e. The summed E-state index contributed by atoms with van der Waals surface area (Å²) < 4.78 is 16.9. The molecule has 0 aliphatic heterocycles. The SMILES string of the molecule is CCCCC/C=C\C/C=C\C/C=C\CCCCC(=O)OC[C@H](COC(=O)CCCCCCCCCCC/C=C\C/C=C\CCCCC)OC(=O)CCCCCCCCCCCCCCCCCCC. The summed E-state index contributed by atoms with van der Waals surface area (Å²) >= 11 is 0. The lowest BCUT2D eigenvalue weighted by Gasteiger charge is -2.18.